The molecule has 1 aromatic carbocycles. The highest BCUT2D eigenvalue weighted by Crippen LogP contribution is 2.28. The maximum Gasteiger partial charge on any atom is 0.269 e. The molecule has 130 valence electrons. The number of benzene rings is 1. The third-order valence-electron chi connectivity index (χ3n) is 3.51. The molecule has 0 saturated carbocycles. The SMILES string of the molecule is COCc1ncc(C(=O)Nc2nnc(-c3ccc(C(C)C)cc3)s2)s1. The molecule has 0 aliphatic rings. The van der Waals surface area contributed by atoms with Gasteiger partial charge in [0.2, 0.25) is 5.13 Å². The summed E-state index contributed by atoms with van der Waals surface area (Å²) in [7, 11) is 1.59. The monoisotopic (exact) mass is 374 g/mol. The Kier molecular flexibility index (Phi) is 5.52. The van der Waals surface area contributed by atoms with Crippen LogP contribution in [0.15, 0.2) is 30.5 Å². The first-order valence-electron chi connectivity index (χ1n) is 7.75. The van der Waals surface area contributed by atoms with E-state index in [1.165, 1.54) is 28.2 Å². The van der Waals surface area contributed by atoms with Gasteiger partial charge in [-0.05, 0) is 11.5 Å². The Hall–Kier alpha value is -2.16. The number of rotatable bonds is 6. The largest absolute Gasteiger partial charge is 0.378 e. The van der Waals surface area contributed by atoms with Crippen LogP contribution in [-0.4, -0.2) is 28.2 Å². The van der Waals surface area contributed by atoms with Crippen molar-refractivity contribution >= 4 is 33.7 Å². The van der Waals surface area contributed by atoms with Gasteiger partial charge in [0.05, 0.1) is 12.8 Å². The Balaban J connectivity index is 1.69. The summed E-state index contributed by atoms with van der Waals surface area (Å²) in [5.74, 6) is 0.249. The van der Waals surface area contributed by atoms with Crippen molar-refractivity contribution in [3.8, 4) is 10.6 Å². The summed E-state index contributed by atoms with van der Waals surface area (Å²) >= 11 is 2.65. The van der Waals surface area contributed by atoms with Crippen molar-refractivity contribution in [2.75, 3.05) is 12.4 Å². The van der Waals surface area contributed by atoms with Crippen LogP contribution in [-0.2, 0) is 11.3 Å². The number of anilines is 1. The summed E-state index contributed by atoms with van der Waals surface area (Å²) in [6.45, 7) is 4.71. The Morgan fingerprint density at radius 3 is 2.64 bits per heavy atom. The Morgan fingerprint density at radius 1 is 1.20 bits per heavy atom. The Bertz CT molecular complexity index is 856. The van der Waals surface area contributed by atoms with Gasteiger partial charge in [-0.25, -0.2) is 4.98 Å². The lowest BCUT2D eigenvalue weighted by molar-refractivity contribution is 0.103. The van der Waals surface area contributed by atoms with E-state index in [0.29, 0.717) is 22.5 Å². The molecule has 0 saturated heterocycles. The van der Waals surface area contributed by atoms with Crippen LogP contribution in [0.3, 0.4) is 0 Å². The van der Waals surface area contributed by atoms with Crippen molar-refractivity contribution < 1.29 is 9.53 Å². The molecule has 3 rings (SSSR count). The van der Waals surface area contributed by atoms with Crippen molar-refractivity contribution in [3.63, 3.8) is 0 Å². The van der Waals surface area contributed by atoms with Crippen molar-refractivity contribution in [1.29, 1.82) is 0 Å². The first-order chi connectivity index (χ1) is 12.1. The molecule has 0 fully saturated rings. The number of hydrogen-bond acceptors (Lipinski definition) is 7. The van der Waals surface area contributed by atoms with Crippen molar-refractivity contribution in [2.45, 2.75) is 26.4 Å². The summed E-state index contributed by atoms with van der Waals surface area (Å²) in [6.07, 6.45) is 1.54. The number of methoxy groups -OCH3 is 1. The first-order valence-corrected chi connectivity index (χ1v) is 9.39. The third kappa shape index (κ3) is 4.28. The van der Waals surface area contributed by atoms with Gasteiger partial charge < -0.3 is 4.74 Å². The van der Waals surface area contributed by atoms with Crippen molar-refractivity contribution in [1.82, 2.24) is 15.2 Å². The molecular formula is C17H18N4O2S2. The van der Waals surface area contributed by atoms with Crippen LogP contribution in [0.4, 0.5) is 5.13 Å². The van der Waals surface area contributed by atoms with Crippen molar-refractivity contribution in [3.05, 3.63) is 45.9 Å². The zero-order valence-electron chi connectivity index (χ0n) is 14.1. The van der Waals surface area contributed by atoms with Crippen molar-refractivity contribution in [2.24, 2.45) is 0 Å². The van der Waals surface area contributed by atoms with Crippen LogP contribution in [0.25, 0.3) is 10.6 Å². The molecule has 0 unspecified atom stereocenters. The topological polar surface area (TPSA) is 77.0 Å². The van der Waals surface area contributed by atoms with E-state index in [1.807, 2.05) is 12.1 Å². The van der Waals surface area contributed by atoms with E-state index in [2.05, 4.69) is 46.5 Å². The maximum absolute atomic E-state index is 12.3. The van der Waals surface area contributed by atoms with Gasteiger partial charge in [0.1, 0.15) is 14.9 Å². The molecule has 0 aliphatic carbocycles. The van der Waals surface area contributed by atoms with E-state index in [0.717, 1.165) is 15.6 Å². The number of amides is 1. The number of nitrogens with one attached hydrogen (secondary N) is 1. The summed E-state index contributed by atoms with van der Waals surface area (Å²) in [5.41, 5.74) is 2.27. The van der Waals surface area contributed by atoms with Crippen LogP contribution in [0.2, 0.25) is 0 Å². The van der Waals surface area contributed by atoms with E-state index >= 15 is 0 Å². The number of aromatic nitrogens is 3. The van der Waals surface area contributed by atoms with Gasteiger partial charge in [-0.15, -0.1) is 21.5 Å². The smallest absolute Gasteiger partial charge is 0.269 e. The van der Waals surface area contributed by atoms with E-state index < -0.39 is 0 Å². The highest BCUT2D eigenvalue weighted by molar-refractivity contribution is 7.18. The van der Waals surface area contributed by atoms with Crippen LogP contribution in [0, 0.1) is 0 Å². The molecule has 1 N–H and O–H groups in total. The second kappa shape index (κ2) is 7.81. The average molecular weight is 374 g/mol. The molecule has 0 bridgehead atoms. The van der Waals surface area contributed by atoms with E-state index in [4.69, 9.17) is 4.74 Å². The van der Waals surface area contributed by atoms with Crippen LogP contribution in [0.5, 0.6) is 0 Å². The second-order valence-corrected chi connectivity index (χ2v) is 7.79. The minimum atomic E-state index is -0.238. The number of carbonyl (C=O) groups excluding carboxylic acids is 1. The molecule has 1 amide bonds. The zero-order chi connectivity index (χ0) is 17.8. The van der Waals surface area contributed by atoms with Gasteiger partial charge in [-0.3, -0.25) is 10.1 Å². The molecule has 25 heavy (non-hydrogen) atoms. The van der Waals surface area contributed by atoms with Gasteiger partial charge in [-0.2, -0.15) is 0 Å². The lowest BCUT2D eigenvalue weighted by atomic mass is 10.0. The Morgan fingerprint density at radius 2 is 1.96 bits per heavy atom. The molecule has 0 radical (unpaired) electrons. The van der Waals surface area contributed by atoms with E-state index in [-0.39, 0.29) is 5.91 Å². The second-order valence-electron chi connectivity index (χ2n) is 5.69. The summed E-state index contributed by atoms with van der Waals surface area (Å²) in [4.78, 5) is 16.9. The predicted octanol–water partition coefficient (Wildman–Crippen LogP) is 4.18. The number of nitrogens with zero attached hydrogens (tertiary/aromatic N) is 3. The third-order valence-corrected chi connectivity index (χ3v) is 5.37. The standard InChI is InChI=1S/C17H18N4O2S2/c1-10(2)11-4-6-12(7-5-11)16-20-21-17(25-16)19-15(22)13-8-18-14(24-13)9-23-3/h4-8,10H,9H2,1-3H3,(H,19,21,22). The first kappa shape index (κ1) is 17.7. The molecule has 8 heteroatoms. The van der Waals surface area contributed by atoms with E-state index in [9.17, 15) is 4.79 Å². The Labute approximate surface area is 153 Å². The molecule has 0 atom stereocenters. The maximum atomic E-state index is 12.3. The fourth-order valence-corrected chi connectivity index (χ4v) is 3.69. The number of carbonyl (C=O) groups is 1. The molecule has 3 aromatic rings. The molecule has 2 heterocycles. The fourth-order valence-electron chi connectivity index (χ4n) is 2.17. The molecule has 0 spiro atoms. The van der Waals surface area contributed by atoms with Gasteiger partial charge in [0, 0.05) is 12.7 Å². The average Bonchev–Trinajstić information content (AvgIpc) is 3.25. The van der Waals surface area contributed by atoms with Gasteiger partial charge in [0.15, 0.2) is 0 Å². The summed E-state index contributed by atoms with van der Waals surface area (Å²) in [5, 5.41) is 13.0. The molecule has 0 aliphatic heterocycles. The lowest BCUT2D eigenvalue weighted by Gasteiger charge is -2.04. The predicted molar refractivity (Wildman–Crippen MR) is 100 cm³/mol. The molecular weight excluding hydrogens is 356 g/mol. The number of hydrogen-bond donors (Lipinski definition) is 1. The van der Waals surface area contributed by atoms with Gasteiger partial charge >= 0.3 is 0 Å². The van der Waals surface area contributed by atoms with Crippen LogP contribution < -0.4 is 5.32 Å². The number of ether oxygens (including phenoxy) is 1. The molecule has 6 nitrogen and oxygen atoms in total. The minimum absolute atomic E-state index is 0.238. The van der Waals surface area contributed by atoms with Crippen LogP contribution in [0.1, 0.15) is 40.0 Å². The van der Waals surface area contributed by atoms with Gasteiger partial charge in [0.25, 0.3) is 5.91 Å². The van der Waals surface area contributed by atoms with Crippen LogP contribution >= 0.6 is 22.7 Å². The normalized spacial score (nSPS) is 11.0. The summed E-state index contributed by atoms with van der Waals surface area (Å²) in [6, 6.07) is 8.24. The van der Waals surface area contributed by atoms with Gasteiger partial charge in [-0.1, -0.05) is 49.4 Å². The minimum Gasteiger partial charge on any atom is -0.378 e. The number of thiazole rings is 1. The quantitative estimate of drug-likeness (QED) is 0.700. The van der Waals surface area contributed by atoms with E-state index in [1.54, 1.807) is 13.3 Å². The highest BCUT2D eigenvalue weighted by atomic mass is 32.1. The fraction of sp³-hybridized carbons (Fsp3) is 0.294. The zero-order valence-corrected chi connectivity index (χ0v) is 15.8. The highest BCUT2D eigenvalue weighted by Gasteiger charge is 2.14. The molecule has 2 aromatic heterocycles. The lowest BCUT2D eigenvalue weighted by Crippen LogP contribution is -2.09. The summed E-state index contributed by atoms with van der Waals surface area (Å²) < 4.78 is 5.01.